The first-order valence-corrected chi connectivity index (χ1v) is 17.6. The van der Waals surface area contributed by atoms with Crippen LogP contribution in [0.4, 0.5) is 0 Å². The van der Waals surface area contributed by atoms with Gasteiger partial charge in [0.05, 0.1) is 13.2 Å². The lowest BCUT2D eigenvalue weighted by Crippen LogP contribution is -2.43. The highest BCUT2D eigenvalue weighted by molar-refractivity contribution is 7.47. The van der Waals surface area contributed by atoms with Gasteiger partial charge in [-0.25, -0.2) is 9.36 Å². The van der Waals surface area contributed by atoms with Crippen molar-refractivity contribution in [1.29, 1.82) is 0 Å². The van der Waals surface area contributed by atoms with Crippen LogP contribution in [0.3, 0.4) is 0 Å². The molecule has 0 aromatic rings. The first-order chi connectivity index (χ1) is 20.1. The summed E-state index contributed by atoms with van der Waals surface area (Å²) < 4.78 is 26.2. The third-order valence-corrected chi connectivity index (χ3v) is 7.85. The molecule has 0 spiro atoms. The number of ether oxygens (including phenoxy) is 1. The quantitative estimate of drug-likeness (QED) is 0.0397. The molecule has 0 aliphatic rings. The molecule has 0 saturated carbocycles. The minimum atomic E-state index is -4.72. The van der Waals surface area contributed by atoms with Gasteiger partial charge in [-0.3, -0.25) is 18.6 Å². The van der Waals surface area contributed by atoms with Crippen LogP contribution in [0.15, 0.2) is 0 Å². The lowest BCUT2D eigenvalue weighted by molar-refractivity contribution is -0.147. The fourth-order valence-corrected chi connectivity index (χ4v) is 5.06. The van der Waals surface area contributed by atoms with Crippen molar-refractivity contribution in [2.24, 2.45) is 0 Å². The number of hydrogen-bond acceptors (Lipinski definition) is 8. The number of hydrogen-bond donors (Lipinski definition) is 4. The van der Waals surface area contributed by atoms with Gasteiger partial charge in [-0.05, 0) is 12.8 Å². The summed E-state index contributed by atoms with van der Waals surface area (Å²) in [7, 11) is -4.72. The van der Waals surface area contributed by atoms with Crippen LogP contribution in [0.5, 0.6) is 0 Å². The predicted octanol–water partition coefficient (Wildman–Crippen LogP) is 6.44. The fraction of sp³-hybridized carbons (Fsp3) is 0.900. The van der Waals surface area contributed by atoms with Gasteiger partial charge in [-0.2, -0.15) is 0 Å². The molecule has 248 valence electrons. The summed E-state index contributed by atoms with van der Waals surface area (Å²) in [4.78, 5) is 44.9. The van der Waals surface area contributed by atoms with Gasteiger partial charge >= 0.3 is 19.8 Å². The topological polar surface area (TPSA) is 169 Å². The van der Waals surface area contributed by atoms with E-state index >= 15 is 0 Å². The monoisotopic (exact) mass is 623 g/mol. The second kappa shape index (κ2) is 27.1. The van der Waals surface area contributed by atoms with Crippen LogP contribution in [0.1, 0.15) is 142 Å². The Morgan fingerprint density at radius 2 is 1.12 bits per heavy atom. The van der Waals surface area contributed by atoms with Crippen LogP contribution in [-0.4, -0.2) is 64.9 Å². The minimum Gasteiger partial charge on any atom is -0.480 e. The smallest absolute Gasteiger partial charge is 0.472 e. The number of amides is 1. The molecule has 4 N–H and O–H groups in total. The van der Waals surface area contributed by atoms with E-state index in [1.807, 2.05) is 6.92 Å². The number of carboxylic acid groups (broad SMARTS) is 1. The van der Waals surface area contributed by atoms with Crippen molar-refractivity contribution in [2.75, 3.05) is 19.8 Å². The second-order valence-corrected chi connectivity index (χ2v) is 12.5. The van der Waals surface area contributed by atoms with Gasteiger partial charge < -0.3 is 25.2 Å². The van der Waals surface area contributed by atoms with Gasteiger partial charge in [0.1, 0.15) is 12.7 Å². The highest BCUT2D eigenvalue weighted by atomic mass is 31.2. The zero-order chi connectivity index (χ0) is 31.5. The van der Waals surface area contributed by atoms with E-state index < -0.39 is 57.6 Å². The van der Waals surface area contributed by atoms with Crippen molar-refractivity contribution in [3.8, 4) is 0 Å². The molecule has 0 heterocycles. The number of carboxylic acids is 1. The second-order valence-electron chi connectivity index (χ2n) is 11.0. The molecule has 3 unspecified atom stereocenters. The van der Waals surface area contributed by atoms with E-state index in [-0.39, 0.29) is 12.8 Å². The van der Waals surface area contributed by atoms with E-state index in [1.165, 1.54) is 77.0 Å². The molecular formula is C30H58NO10P. The Labute approximate surface area is 253 Å². The predicted molar refractivity (Wildman–Crippen MR) is 162 cm³/mol. The van der Waals surface area contributed by atoms with Crippen LogP contribution in [0.25, 0.3) is 0 Å². The zero-order valence-corrected chi connectivity index (χ0v) is 27.0. The fourth-order valence-electron chi connectivity index (χ4n) is 4.29. The van der Waals surface area contributed by atoms with E-state index in [0.29, 0.717) is 12.8 Å². The van der Waals surface area contributed by atoms with Gasteiger partial charge in [0.2, 0.25) is 5.91 Å². The number of carbonyl (C=O) groups excluding carboxylic acids is 2. The van der Waals surface area contributed by atoms with E-state index in [1.54, 1.807) is 0 Å². The Morgan fingerprint density at radius 1 is 0.667 bits per heavy atom. The van der Waals surface area contributed by atoms with Crippen LogP contribution < -0.4 is 5.32 Å². The van der Waals surface area contributed by atoms with Gasteiger partial charge in [-0.1, -0.05) is 117 Å². The largest absolute Gasteiger partial charge is 0.480 e. The van der Waals surface area contributed by atoms with Crippen molar-refractivity contribution in [3.63, 3.8) is 0 Å². The van der Waals surface area contributed by atoms with Gasteiger partial charge in [0.15, 0.2) is 6.04 Å². The maximum absolute atomic E-state index is 12.2. The number of rotatable bonds is 30. The average Bonchev–Trinajstić information content (AvgIpc) is 2.95. The summed E-state index contributed by atoms with van der Waals surface area (Å²) in [6, 6.07) is -1.54. The first kappa shape index (κ1) is 40.5. The van der Waals surface area contributed by atoms with Crippen LogP contribution in [-0.2, 0) is 32.7 Å². The summed E-state index contributed by atoms with van der Waals surface area (Å²) in [5.74, 6) is -2.40. The lowest BCUT2D eigenvalue weighted by Gasteiger charge is -2.18. The maximum atomic E-state index is 12.2. The molecular weight excluding hydrogens is 565 g/mol. The van der Waals surface area contributed by atoms with Crippen LogP contribution in [0, 0.1) is 0 Å². The summed E-state index contributed by atoms with van der Waals surface area (Å²) in [6.45, 7) is 2.27. The average molecular weight is 624 g/mol. The first-order valence-electron chi connectivity index (χ1n) is 16.1. The Hall–Kier alpha value is -1.52. The molecule has 42 heavy (non-hydrogen) atoms. The third-order valence-electron chi connectivity index (χ3n) is 6.90. The zero-order valence-electron chi connectivity index (χ0n) is 26.1. The van der Waals surface area contributed by atoms with Crippen molar-refractivity contribution in [3.05, 3.63) is 0 Å². The van der Waals surface area contributed by atoms with E-state index in [4.69, 9.17) is 9.26 Å². The van der Waals surface area contributed by atoms with E-state index in [0.717, 1.165) is 25.7 Å². The van der Waals surface area contributed by atoms with E-state index in [2.05, 4.69) is 16.8 Å². The third kappa shape index (κ3) is 26.1. The number of unbranched alkanes of at least 4 members (excludes halogenated alkanes) is 16. The summed E-state index contributed by atoms with van der Waals surface area (Å²) in [5, 5.41) is 21.4. The number of phosphoric ester groups is 1. The molecule has 0 aliphatic carbocycles. The molecule has 0 saturated heterocycles. The summed E-state index contributed by atoms with van der Waals surface area (Å²) >= 11 is 0. The molecule has 1 amide bonds. The number of nitrogens with one attached hydrogen (secondary N) is 1. The molecule has 0 fully saturated rings. The van der Waals surface area contributed by atoms with Crippen LogP contribution in [0.2, 0.25) is 0 Å². The van der Waals surface area contributed by atoms with Gasteiger partial charge in [-0.15, -0.1) is 0 Å². The number of carbonyl (C=O) groups is 3. The van der Waals surface area contributed by atoms with Crippen molar-refractivity contribution in [2.45, 2.75) is 154 Å². The highest BCUT2D eigenvalue weighted by Gasteiger charge is 2.28. The van der Waals surface area contributed by atoms with Crippen LogP contribution >= 0.6 is 7.82 Å². The molecule has 0 aliphatic heterocycles. The SMILES string of the molecule is CCCCCCCCCCCCCCCCCCC(=O)NC(COP(=O)(O)OCC(O)COC(=O)CCCC)C(=O)O. The normalized spacial score (nSPS) is 14.2. The van der Waals surface area contributed by atoms with E-state index in [9.17, 15) is 34.1 Å². The number of aliphatic hydroxyl groups is 1. The number of phosphoric acid groups is 1. The molecule has 12 heteroatoms. The minimum absolute atomic E-state index is 0.151. The Bertz CT molecular complexity index is 752. The molecule has 0 bridgehead atoms. The Kier molecular flexibility index (Phi) is 26.1. The van der Waals surface area contributed by atoms with Gasteiger partial charge in [0, 0.05) is 12.8 Å². The lowest BCUT2D eigenvalue weighted by atomic mass is 10.0. The highest BCUT2D eigenvalue weighted by Crippen LogP contribution is 2.43. The number of aliphatic carboxylic acids is 1. The molecule has 0 rings (SSSR count). The molecule has 0 radical (unpaired) electrons. The summed E-state index contributed by atoms with van der Waals surface area (Å²) in [5.41, 5.74) is 0. The molecule has 0 aromatic heterocycles. The van der Waals surface area contributed by atoms with Gasteiger partial charge in [0.25, 0.3) is 0 Å². The van der Waals surface area contributed by atoms with Crippen molar-refractivity contribution >= 4 is 25.7 Å². The molecule has 3 atom stereocenters. The maximum Gasteiger partial charge on any atom is 0.472 e. The summed E-state index contributed by atoms with van der Waals surface area (Å²) in [6.07, 6.45) is 19.9. The Morgan fingerprint density at radius 3 is 1.60 bits per heavy atom. The van der Waals surface area contributed by atoms with Crippen molar-refractivity contribution in [1.82, 2.24) is 5.32 Å². The molecule has 11 nitrogen and oxygen atoms in total. The number of aliphatic hydroxyl groups excluding tert-OH is 1. The van der Waals surface area contributed by atoms with Crippen molar-refractivity contribution < 1.29 is 47.8 Å². The Balaban J connectivity index is 3.92. The molecule has 0 aromatic carbocycles. The standard InChI is InChI=1S/C30H58NO10P/c1-3-5-7-8-9-10-11-12-13-14-15-16-17-18-19-20-21-28(33)31-27(30(35)36)25-41-42(37,38)40-24-26(32)23-39-29(34)22-6-4-2/h26-27,32H,3-25H2,1-2H3,(H,31,33)(H,35,36)(H,37,38). The number of esters is 1.